The van der Waals surface area contributed by atoms with Gasteiger partial charge in [-0.1, -0.05) is 5.16 Å². The van der Waals surface area contributed by atoms with E-state index >= 15 is 0 Å². The smallest absolute Gasteiger partial charge is 0.261 e. The molecule has 28 heavy (non-hydrogen) atoms. The average Bonchev–Trinajstić information content (AvgIpc) is 3.12. The summed E-state index contributed by atoms with van der Waals surface area (Å²) in [5.74, 6) is 0.787. The fourth-order valence-electron chi connectivity index (χ4n) is 2.70. The van der Waals surface area contributed by atoms with Gasteiger partial charge in [-0.3, -0.25) is 4.79 Å². The number of amides is 1. The van der Waals surface area contributed by atoms with Crippen LogP contribution >= 0.6 is 11.3 Å². The number of nitrogens with zero attached hydrogens (tertiary/aromatic N) is 3. The molecule has 2 heterocycles. The van der Waals surface area contributed by atoms with E-state index in [0.29, 0.717) is 44.4 Å². The quantitative estimate of drug-likeness (QED) is 0.328. The maximum Gasteiger partial charge on any atom is 0.261 e. The number of benzene rings is 1. The van der Waals surface area contributed by atoms with E-state index in [1.54, 1.807) is 24.3 Å². The van der Waals surface area contributed by atoms with E-state index in [-0.39, 0.29) is 17.6 Å². The molecule has 0 bridgehead atoms. The molecule has 0 atom stereocenters. The highest BCUT2D eigenvalue weighted by molar-refractivity contribution is 7.20. The maximum absolute atomic E-state index is 12.2. The highest BCUT2D eigenvalue weighted by Gasteiger charge is 2.20. The van der Waals surface area contributed by atoms with Crippen molar-refractivity contribution in [2.75, 3.05) is 26.5 Å². The lowest BCUT2D eigenvalue weighted by molar-refractivity contribution is 0.0960. The molecule has 0 aliphatic heterocycles. The van der Waals surface area contributed by atoms with Crippen LogP contribution in [0.1, 0.15) is 27.9 Å². The molecule has 3 aromatic rings. The zero-order chi connectivity index (χ0) is 20.3. The minimum absolute atomic E-state index is 0.00780. The van der Waals surface area contributed by atoms with Gasteiger partial charge in [0.2, 0.25) is 5.95 Å². The number of nitrogens with one attached hydrogen (secondary N) is 1. The second-order valence-electron chi connectivity index (χ2n) is 5.64. The molecule has 10 heteroatoms. The number of aromatic nitrogens is 2. The second kappa shape index (κ2) is 8.09. The molecule has 0 saturated carbocycles. The van der Waals surface area contributed by atoms with Gasteiger partial charge in [-0.2, -0.15) is 0 Å². The average molecular weight is 401 g/mol. The second-order valence-corrected chi connectivity index (χ2v) is 6.67. The fraction of sp³-hybridized carbons (Fsp3) is 0.222. The van der Waals surface area contributed by atoms with Crippen LogP contribution in [0.4, 0.5) is 5.95 Å². The number of thiophene rings is 1. The molecular formula is C18H19N5O4S. The van der Waals surface area contributed by atoms with Crippen LogP contribution in [-0.4, -0.2) is 47.6 Å². The topological polar surface area (TPSA) is 132 Å². The summed E-state index contributed by atoms with van der Waals surface area (Å²) in [5, 5.41) is 16.4. The Labute approximate surface area is 164 Å². The van der Waals surface area contributed by atoms with Crippen molar-refractivity contribution < 1.29 is 19.5 Å². The molecule has 0 saturated heterocycles. The van der Waals surface area contributed by atoms with Crippen molar-refractivity contribution in [3.05, 3.63) is 40.4 Å². The molecule has 0 radical (unpaired) electrons. The van der Waals surface area contributed by atoms with Crippen LogP contribution in [0.5, 0.6) is 11.5 Å². The molecule has 0 spiro atoms. The number of methoxy groups -OCH3 is 2. The first-order valence-corrected chi connectivity index (χ1v) is 9.14. The van der Waals surface area contributed by atoms with Gasteiger partial charge in [-0.05, 0) is 31.2 Å². The van der Waals surface area contributed by atoms with E-state index in [0.717, 1.165) is 0 Å². The van der Waals surface area contributed by atoms with Crippen molar-refractivity contribution in [2.24, 2.45) is 5.16 Å². The highest BCUT2D eigenvalue weighted by Crippen LogP contribution is 2.31. The largest absolute Gasteiger partial charge is 0.493 e. The molecule has 0 fully saturated rings. The Morgan fingerprint density at radius 3 is 2.64 bits per heavy atom. The first-order chi connectivity index (χ1) is 13.5. The summed E-state index contributed by atoms with van der Waals surface area (Å²) in [6, 6.07) is 6.72. The number of nitrogen functional groups attached to an aromatic ring is 1. The standard InChI is InChI=1S/C18H19N5O4S/c1-4-20-16(24)13-8-10-15(21-18(19)22-17(10)28-13)14(23-25)9-5-6-11(26-2)12(7-9)27-3/h5-8,25H,4H2,1-3H3,(H,20,24)(H2,19,21,22)/b23-14+. The molecular weight excluding hydrogens is 382 g/mol. The lowest BCUT2D eigenvalue weighted by atomic mass is 10.0. The molecule has 0 unspecified atom stereocenters. The third-order valence-corrected chi connectivity index (χ3v) is 4.98. The summed E-state index contributed by atoms with van der Waals surface area (Å²) in [7, 11) is 3.04. The Kier molecular flexibility index (Phi) is 5.59. The van der Waals surface area contributed by atoms with Gasteiger partial charge < -0.3 is 25.7 Å². The van der Waals surface area contributed by atoms with Gasteiger partial charge in [0.1, 0.15) is 16.2 Å². The van der Waals surface area contributed by atoms with Crippen LogP contribution < -0.4 is 20.5 Å². The number of carbonyl (C=O) groups is 1. The molecule has 1 amide bonds. The van der Waals surface area contributed by atoms with Crippen molar-refractivity contribution in [1.29, 1.82) is 0 Å². The number of oxime groups is 1. The Balaban J connectivity index is 2.16. The predicted octanol–water partition coefficient (Wildman–Crippen LogP) is 2.27. The van der Waals surface area contributed by atoms with E-state index < -0.39 is 0 Å². The van der Waals surface area contributed by atoms with Crippen molar-refractivity contribution in [3.8, 4) is 11.5 Å². The van der Waals surface area contributed by atoms with Crippen LogP contribution in [0, 0.1) is 0 Å². The normalized spacial score (nSPS) is 11.5. The minimum atomic E-state index is -0.219. The zero-order valence-corrected chi connectivity index (χ0v) is 16.3. The maximum atomic E-state index is 12.2. The molecule has 146 valence electrons. The first-order valence-electron chi connectivity index (χ1n) is 8.32. The number of rotatable bonds is 6. The number of fused-ring (bicyclic) bond motifs is 1. The lowest BCUT2D eigenvalue weighted by Crippen LogP contribution is -2.21. The summed E-state index contributed by atoms with van der Waals surface area (Å²) in [4.78, 5) is 21.6. The fourth-order valence-corrected chi connectivity index (χ4v) is 3.66. The van der Waals surface area contributed by atoms with Gasteiger partial charge in [0, 0.05) is 17.5 Å². The summed E-state index contributed by atoms with van der Waals surface area (Å²) in [5.41, 5.74) is 6.85. The highest BCUT2D eigenvalue weighted by atomic mass is 32.1. The summed E-state index contributed by atoms with van der Waals surface area (Å²) in [6.07, 6.45) is 0. The molecule has 9 nitrogen and oxygen atoms in total. The molecule has 0 aliphatic rings. The third-order valence-electron chi connectivity index (χ3n) is 3.95. The van der Waals surface area contributed by atoms with Gasteiger partial charge >= 0.3 is 0 Å². The molecule has 1 aromatic carbocycles. The van der Waals surface area contributed by atoms with Crippen LogP contribution in [0.25, 0.3) is 10.2 Å². The van der Waals surface area contributed by atoms with Gasteiger partial charge in [-0.15, -0.1) is 11.3 Å². The van der Waals surface area contributed by atoms with Gasteiger partial charge in [0.05, 0.1) is 19.1 Å². The van der Waals surface area contributed by atoms with E-state index in [1.807, 2.05) is 6.92 Å². The van der Waals surface area contributed by atoms with Crippen molar-refractivity contribution in [1.82, 2.24) is 15.3 Å². The Morgan fingerprint density at radius 1 is 1.25 bits per heavy atom. The summed E-state index contributed by atoms with van der Waals surface area (Å²) >= 11 is 1.19. The Bertz CT molecular complexity index is 1060. The van der Waals surface area contributed by atoms with E-state index in [1.165, 1.54) is 25.6 Å². The Morgan fingerprint density at radius 2 is 2.00 bits per heavy atom. The monoisotopic (exact) mass is 401 g/mol. The number of carbonyl (C=O) groups excluding carboxylic acids is 1. The summed E-state index contributed by atoms with van der Waals surface area (Å²) < 4.78 is 10.5. The lowest BCUT2D eigenvalue weighted by Gasteiger charge is -2.11. The van der Waals surface area contributed by atoms with Gasteiger partial charge in [0.15, 0.2) is 11.5 Å². The minimum Gasteiger partial charge on any atom is -0.493 e. The third kappa shape index (κ3) is 3.54. The predicted molar refractivity (Wildman–Crippen MR) is 107 cm³/mol. The number of anilines is 1. The SMILES string of the molecule is CCNC(=O)c1cc2c(/C(=N/O)c3ccc(OC)c(OC)c3)nc(N)nc2s1. The van der Waals surface area contributed by atoms with Crippen LogP contribution in [0.2, 0.25) is 0 Å². The van der Waals surface area contributed by atoms with E-state index in [2.05, 4.69) is 20.4 Å². The van der Waals surface area contributed by atoms with Crippen molar-refractivity contribution >= 4 is 39.1 Å². The van der Waals surface area contributed by atoms with Crippen molar-refractivity contribution in [3.63, 3.8) is 0 Å². The molecule has 0 aliphatic carbocycles. The number of hydrogen-bond donors (Lipinski definition) is 3. The van der Waals surface area contributed by atoms with Crippen molar-refractivity contribution in [2.45, 2.75) is 6.92 Å². The van der Waals surface area contributed by atoms with E-state index in [4.69, 9.17) is 15.2 Å². The number of ether oxygens (including phenoxy) is 2. The number of nitrogens with two attached hydrogens (primary N) is 1. The molecule has 2 aromatic heterocycles. The van der Waals surface area contributed by atoms with Crippen LogP contribution in [-0.2, 0) is 0 Å². The molecule has 3 rings (SSSR count). The number of hydrogen-bond acceptors (Lipinski definition) is 9. The van der Waals surface area contributed by atoms with Gasteiger partial charge in [-0.25, -0.2) is 9.97 Å². The van der Waals surface area contributed by atoms with Crippen LogP contribution in [0.3, 0.4) is 0 Å². The first kappa shape index (κ1) is 19.4. The van der Waals surface area contributed by atoms with Gasteiger partial charge in [0.25, 0.3) is 5.91 Å². The summed E-state index contributed by atoms with van der Waals surface area (Å²) in [6.45, 7) is 2.34. The molecule has 4 N–H and O–H groups in total. The zero-order valence-electron chi connectivity index (χ0n) is 15.5. The van der Waals surface area contributed by atoms with E-state index in [9.17, 15) is 10.0 Å². The van der Waals surface area contributed by atoms with Crippen LogP contribution in [0.15, 0.2) is 29.4 Å². The Hall–Kier alpha value is -3.40.